The van der Waals surface area contributed by atoms with Gasteiger partial charge in [-0.2, -0.15) is 0 Å². The molecule has 0 aliphatic rings. The predicted molar refractivity (Wildman–Crippen MR) is 61.3 cm³/mol. The van der Waals surface area contributed by atoms with Crippen LogP contribution in [0.15, 0.2) is 0 Å². The lowest BCUT2D eigenvalue weighted by Gasteiger charge is -2.22. The summed E-state index contributed by atoms with van der Waals surface area (Å²) < 4.78 is 24.3. The van der Waals surface area contributed by atoms with Crippen molar-refractivity contribution in [1.29, 1.82) is 0 Å². The van der Waals surface area contributed by atoms with Gasteiger partial charge in [0, 0.05) is 20.1 Å². The predicted octanol–water partition coefficient (Wildman–Crippen LogP) is -0.419. The highest BCUT2D eigenvalue weighted by atomic mass is 32.2. The topological polar surface area (TPSA) is 60.9 Å². The highest BCUT2D eigenvalue weighted by Crippen LogP contribution is 2.02. The Morgan fingerprint density at radius 1 is 1.20 bits per heavy atom. The Morgan fingerprint density at radius 2 is 1.73 bits per heavy atom. The smallest absolute Gasteiger partial charge is 0.213 e. The molecule has 0 spiro atoms. The third-order valence-electron chi connectivity index (χ3n) is 1.98. The molecule has 1 N–H and O–H groups in total. The molecule has 0 aliphatic heterocycles. The van der Waals surface area contributed by atoms with E-state index in [9.17, 15) is 13.5 Å². The minimum atomic E-state index is -3.19. The number of hydrogen-bond donors (Lipinski definition) is 1. The average molecular weight is 238 g/mol. The molecule has 0 aromatic carbocycles. The molecule has 0 saturated carbocycles. The van der Waals surface area contributed by atoms with E-state index >= 15 is 0 Å². The molecule has 1 unspecified atom stereocenters. The van der Waals surface area contributed by atoms with Gasteiger partial charge in [0.05, 0.1) is 11.9 Å². The maximum atomic E-state index is 11.6. The first-order chi connectivity index (χ1) is 6.79. The SMILES string of the molecule is CCCS(=O)(=O)N(C)CC(O)CN(C)C. The van der Waals surface area contributed by atoms with E-state index in [0.29, 0.717) is 13.0 Å². The molecule has 0 heterocycles. The second kappa shape index (κ2) is 6.42. The number of sulfonamides is 1. The van der Waals surface area contributed by atoms with Gasteiger partial charge < -0.3 is 10.0 Å². The molecule has 0 saturated heterocycles. The Balaban J connectivity index is 4.18. The van der Waals surface area contributed by atoms with Crippen molar-refractivity contribution in [2.75, 3.05) is 40.0 Å². The molecule has 5 nitrogen and oxygen atoms in total. The number of rotatable bonds is 7. The van der Waals surface area contributed by atoms with Crippen LogP contribution >= 0.6 is 0 Å². The summed E-state index contributed by atoms with van der Waals surface area (Å²) in [7, 11) is 1.99. The van der Waals surface area contributed by atoms with Crippen molar-refractivity contribution in [1.82, 2.24) is 9.21 Å². The van der Waals surface area contributed by atoms with Crippen LogP contribution in [-0.2, 0) is 10.0 Å². The third kappa shape index (κ3) is 6.09. The van der Waals surface area contributed by atoms with Gasteiger partial charge in [-0.15, -0.1) is 0 Å². The summed E-state index contributed by atoms with van der Waals surface area (Å²) in [6.07, 6.45) is -0.0483. The largest absolute Gasteiger partial charge is 0.390 e. The minimum Gasteiger partial charge on any atom is -0.390 e. The van der Waals surface area contributed by atoms with Crippen LogP contribution in [0.1, 0.15) is 13.3 Å². The van der Waals surface area contributed by atoms with Crippen LogP contribution in [0.3, 0.4) is 0 Å². The highest BCUT2D eigenvalue weighted by Gasteiger charge is 2.19. The Morgan fingerprint density at radius 3 is 2.13 bits per heavy atom. The first kappa shape index (κ1) is 14.8. The van der Waals surface area contributed by atoms with E-state index in [-0.39, 0.29) is 12.3 Å². The molecule has 0 aromatic rings. The van der Waals surface area contributed by atoms with Gasteiger partial charge in [0.25, 0.3) is 0 Å². The van der Waals surface area contributed by atoms with Gasteiger partial charge in [0.2, 0.25) is 10.0 Å². The Bertz CT molecular complexity index is 265. The third-order valence-corrected chi connectivity index (χ3v) is 4.00. The van der Waals surface area contributed by atoms with E-state index in [1.807, 2.05) is 25.9 Å². The zero-order chi connectivity index (χ0) is 12.1. The van der Waals surface area contributed by atoms with Crippen LogP contribution < -0.4 is 0 Å². The van der Waals surface area contributed by atoms with E-state index in [1.165, 1.54) is 11.4 Å². The van der Waals surface area contributed by atoms with E-state index in [4.69, 9.17) is 0 Å². The molecular weight excluding hydrogens is 216 g/mol. The fourth-order valence-corrected chi connectivity index (χ4v) is 2.53. The average Bonchev–Trinajstić information content (AvgIpc) is 2.01. The molecule has 0 fully saturated rings. The number of aliphatic hydroxyl groups is 1. The Hall–Kier alpha value is -0.170. The van der Waals surface area contributed by atoms with Crippen molar-refractivity contribution in [3.05, 3.63) is 0 Å². The standard InChI is InChI=1S/C9H22N2O3S/c1-5-6-15(13,14)11(4)8-9(12)7-10(2)3/h9,12H,5-8H2,1-4H3. The second-order valence-corrected chi connectivity index (χ2v) is 6.21. The van der Waals surface area contributed by atoms with E-state index in [2.05, 4.69) is 0 Å². The Kier molecular flexibility index (Phi) is 6.35. The molecule has 0 amide bonds. The van der Waals surface area contributed by atoms with Crippen molar-refractivity contribution in [3.8, 4) is 0 Å². The second-order valence-electron chi connectivity index (χ2n) is 4.01. The van der Waals surface area contributed by atoms with Crippen LogP contribution in [0.4, 0.5) is 0 Å². The number of hydrogen-bond acceptors (Lipinski definition) is 4. The van der Waals surface area contributed by atoms with Gasteiger partial charge in [-0.05, 0) is 20.5 Å². The van der Waals surface area contributed by atoms with Gasteiger partial charge in [-0.25, -0.2) is 12.7 Å². The lowest BCUT2D eigenvalue weighted by molar-refractivity contribution is 0.120. The molecule has 15 heavy (non-hydrogen) atoms. The molecule has 0 bridgehead atoms. The van der Waals surface area contributed by atoms with Gasteiger partial charge in [0.15, 0.2) is 0 Å². The van der Waals surface area contributed by atoms with Crippen molar-refractivity contribution in [2.24, 2.45) is 0 Å². The van der Waals surface area contributed by atoms with Crippen LogP contribution in [0.25, 0.3) is 0 Å². The van der Waals surface area contributed by atoms with E-state index in [0.717, 1.165) is 0 Å². The van der Waals surface area contributed by atoms with Gasteiger partial charge >= 0.3 is 0 Å². The van der Waals surface area contributed by atoms with Crippen LogP contribution in [0, 0.1) is 0 Å². The summed E-state index contributed by atoms with van der Waals surface area (Å²) in [4.78, 5) is 1.82. The van der Waals surface area contributed by atoms with Gasteiger partial charge in [-0.1, -0.05) is 6.92 Å². The zero-order valence-corrected chi connectivity index (χ0v) is 10.8. The fraction of sp³-hybridized carbons (Fsp3) is 1.00. The molecule has 6 heteroatoms. The Labute approximate surface area is 92.7 Å². The fourth-order valence-electron chi connectivity index (χ4n) is 1.30. The first-order valence-electron chi connectivity index (χ1n) is 5.06. The summed E-state index contributed by atoms with van der Waals surface area (Å²) >= 11 is 0. The lowest BCUT2D eigenvalue weighted by Crippen LogP contribution is -2.39. The number of aliphatic hydroxyl groups excluding tert-OH is 1. The van der Waals surface area contributed by atoms with E-state index < -0.39 is 16.1 Å². The maximum Gasteiger partial charge on any atom is 0.213 e. The highest BCUT2D eigenvalue weighted by molar-refractivity contribution is 7.89. The van der Waals surface area contributed by atoms with Gasteiger partial charge in [-0.3, -0.25) is 0 Å². The summed E-state index contributed by atoms with van der Waals surface area (Å²) in [5.41, 5.74) is 0. The summed E-state index contributed by atoms with van der Waals surface area (Å²) in [6.45, 7) is 2.44. The number of likely N-dealkylation sites (N-methyl/N-ethyl adjacent to an activating group) is 2. The molecule has 1 atom stereocenters. The van der Waals surface area contributed by atoms with Crippen molar-refractivity contribution >= 4 is 10.0 Å². The van der Waals surface area contributed by atoms with Crippen molar-refractivity contribution in [2.45, 2.75) is 19.4 Å². The lowest BCUT2D eigenvalue weighted by atomic mass is 10.3. The molecule has 0 aromatic heterocycles. The maximum absolute atomic E-state index is 11.6. The zero-order valence-electron chi connectivity index (χ0n) is 9.97. The molecule has 0 aliphatic carbocycles. The van der Waals surface area contributed by atoms with Crippen LogP contribution in [0.5, 0.6) is 0 Å². The number of nitrogens with zero attached hydrogens (tertiary/aromatic N) is 2. The monoisotopic (exact) mass is 238 g/mol. The van der Waals surface area contributed by atoms with Gasteiger partial charge in [0.1, 0.15) is 0 Å². The molecular formula is C9H22N2O3S. The quantitative estimate of drug-likeness (QED) is 0.654. The summed E-state index contributed by atoms with van der Waals surface area (Å²) in [6, 6.07) is 0. The van der Waals surface area contributed by atoms with E-state index in [1.54, 1.807) is 0 Å². The van der Waals surface area contributed by atoms with Crippen LogP contribution in [-0.4, -0.2) is 68.8 Å². The summed E-state index contributed by atoms with van der Waals surface area (Å²) in [5, 5.41) is 9.57. The molecule has 0 rings (SSSR count). The van der Waals surface area contributed by atoms with Crippen molar-refractivity contribution in [3.63, 3.8) is 0 Å². The summed E-state index contributed by atoms with van der Waals surface area (Å²) in [5.74, 6) is 0.137. The molecule has 0 radical (unpaired) electrons. The minimum absolute atomic E-state index is 0.137. The van der Waals surface area contributed by atoms with Crippen LogP contribution in [0.2, 0.25) is 0 Å². The molecule has 92 valence electrons. The van der Waals surface area contributed by atoms with Crippen molar-refractivity contribution < 1.29 is 13.5 Å². The first-order valence-corrected chi connectivity index (χ1v) is 6.67. The normalized spacial score (nSPS) is 14.9.